The largest absolute Gasteiger partial charge is 0.462 e. The molecule has 0 amide bonds. The molecule has 1 aromatic carbocycles. The van der Waals surface area contributed by atoms with Crippen molar-refractivity contribution in [1.82, 2.24) is 0 Å². The second-order valence-corrected chi connectivity index (χ2v) is 3.73. The number of furan rings is 1. The van der Waals surface area contributed by atoms with Gasteiger partial charge in [-0.3, -0.25) is 0 Å². The van der Waals surface area contributed by atoms with Crippen molar-refractivity contribution in [3.05, 3.63) is 35.1 Å². The van der Waals surface area contributed by atoms with Gasteiger partial charge in [0.05, 0.1) is 12.2 Å². The second-order valence-electron chi connectivity index (χ2n) is 3.73. The van der Waals surface area contributed by atoms with Crippen LogP contribution in [0.5, 0.6) is 0 Å². The maximum atomic E-state index is 11.7. The standard InChI is InChI=1S/C13H14O3/c1-4-15-13(14)11-6-5-10-7-8(2)16-12(10)9(11)3/h5-7H,4H2,1-3H3. The van der Waals surface area contributed by atoms with Crippen molar-refractivity contribution in [1.29, 1.82) is 0 Å². The van der Waals surface area contributed by atoms with Gasteiger partial charge in [-0.1, -0.05) is 6.07 Å². The molecule has 2 rings (SSSR count). The zero-order chi connectivity index (χ0) is 11.7. The molecule has 0 fully saturated rings. The summed E-state index contributed by atoms with van der Waals surface area (Å²) in [6, 6.07) is 5.62. The van der Waals surface area contributed by atoms with Crippen LogP contribution < -0.4 is 0 Å². The van der Waals surface area contributed by atoms with E-state index >= 15 is 0 Å². The number of rotatable bonds is 2. The molecule has 0 bridgehead atoms. The number of hydrogen-bond donors (Lipinski definition) is 0. The van der Waals surface area contributed by atoms with Gasteiger partial charge in [0, 0.05) is 10.9 Å². The van der Waals surface area contributed by atoms with Gasteiger partial charge in [0.25, 0.3) is 0 Å². The van der Waals surface area contributed by atoms with Crippen molar-refractivity contribution in [3.63, 3.8) is 0 Å². The van der Waals surface area contributed by atoms with Gasteiger partial charge in [-0.25, -0.2) is 4.79 Å². The van der Waals surface area contributed by atoms with E-state index < -0.39 is 0 Å². The molecular formula is C13H14O3. The lowest BCUT2D eigenvalue weighted by atomic mass is 10.1. The van der Waals surface area contributed by atoms with E-state index in [2.05, 4.69) is 0 Å². The lowest BCUT2D eigenvalue weighted by molar-refractivity contribution is 0.0525. The summed E-state index contributed by atoms with van der Waals surface area (Å²) in [6.45, 7) is 5.94. The van der Waals surface area contributed by atoms with Crippen molar-refractivity contribution in [2.45, 2.75) is 20.8 Å². The van der Waals surface area contributed by atoms with Crippen LogP contribution in [0.1, 0.15) is 28.6 Å². The highest BCUT2D eigenvalue weighted by Gasteiger charge is 2.14. The molecule has 0 spiro atoms. The molecule has 0 aliphatic carbocycles. The van der Waals surface area contributed by atoms with E-state index in [1.54, 1.807) is 13.0 Å². The highest BCUT2D eigenvalue weighted by atomic mass is 16.5. The molecule has 0 radical (unpaired) electrons. The first kappa shape index (κ1) is 10.7. The van der Waals surface area contributed by atoms with Crippen LogP contribution in [0.15, 0.2) is 22.6 Å². The maximum Gasteiger partial charge on any atom is 0.338 e. The molecule has 1 aromatic heterocycles. The summed E-state index contributed by atoms with van der Waals surface area (Å²) in [5, 5.41) is 1.02. The quantitative estimate of drug-likeness (QED) is 0.726. The molecule has 2 aromatic rings. The average Bonchev–Trinajstić information content (AvgIpc) is 2.60. The first-order valence-corrected chi connectivity index (χ1v) is 5.30. The Labute approximate surface area is 94.0 Å². The smallest absolute Gasteiger partial charge is 0.338 e. The van der Waals surface area contributed by atoms with Crippen molar-refractivity contribution in [2.75, 3.05) is 6.61 Å². The predicted octanol–water partition coefficient (Wildman–Crippen LogP) is 3.23. The molecule has 0 aliphatic heterocycles. The molecule has 0 saturated carbocycles. The number of carbonyl (C=O) groups is 1. The van der Waals surface area contributed by atoms with Gasteiger partial charge in [-0.2, -0.15) is 0 Å². The highest BCUT2D eigenvalue weighted by Crippen LogP contribution is 2.25. The fourth-order valence-electron chi connectivity index (χ4n) is 1.80. The van der Waals surface area contributed by atoms with E-state index in [9.17, 15) is 4.79 Å². The van der Waals surface area contributed by atoms with Crippen molar-refractivity contribution in [3.8, 4) is 0 Å². The number of fused-ring (bicyclic) bond motifs is 1. The molecule has 0 atom stereocenters. The molecule has 0 N–H and O–H groups in total. The second kappa shape index (κ2) is 4.00. The van der Waals surface area contributed by atoms with E-state index in [4.69, 9.17) is 9.15 Å². The Hall–Kier alpha value is -1.77. The van der Waals surface area contributed by atoms with Gasteiger partial charge < -0.3 is 9.15 Å². The monoisotopic (exact) mass is 218 g/mol. The summed E-state index contributed by atoms with van der Waals surface area (Å²) in [4.78, 5) is 11.7. The van der Waals surface area contributed by atoms with Gasteiger partial charge in [0.15, 0.2) is 0 Å². The maximum absolute atomic E-state index is 11.7. The Kier molecular flexibility index (Phi) is 2.69. The van der Waals surface area contributed by atoms with Crippen LogP contribution in [-0.2, 0) is 4.74 Å². The minimum absolute atomic E-state index is 0.295. The number of carbonyl (C=O) groups excluding carboxylic acids is 1. The summed E-state index contributed by atoms with van der Waals surface area (Å²) in [5.74, 6) is 0.551. The van der Waals surface area contributed by atoms with E-state index in [-0.39, 0.29) is 5.97 Å². The third-order valence-corrected chi connectivity index (χ3v) is 2.55. The minimum Gasteiger partial charge on any atom is -0.462 e. The van der Waals surface area contributed by atoms with Crippen molar-refractivity contribution >= 4 is 16.9 Å². The third-order valence-electron chi connectivity index (χ3n) is 2.55. The molecule has 1 heterocycles. The van der Waals surface area contributed by atoms with E-state index in [1.165, 1.54) is 0 Å². The summed E-state index contributed by atoms with van der Waals surface area (Å²) in [7, 11) is 0. The summed E-state index contributed by atoms with van der Waals surface area (Å²) >= 11 is 0. The zero-order valence-corrected chi connectivity index (χ0v) is 9.66. The molecule has 3 heteroatoms. The third kappa shape index (κ3) is 1.69. The molecule has 0 saturated heterocycles. The molecule has 0 aliphatic rings. The van der Waals surface area contributed by atoms with Crippen LogP contribution in [0.3, 0.4) is 0 Å². The number of esters is 1. The van der Waals surface area contributed by atoms with Crippen LogP contribution in [0.25, 0.3) is 11.0 Å². The first-order chi connectivity index (χ1) is 7.63. The SMILES string of the molecule is CCOC(=O)c1ccc2cc(C)oc2c1C. The van der Waals surface area contributed by atoms with Crippen LogP contribution in [0.4, 0.5) is 0 Å². The normalized spacial score (nSPS) is 10.7. The summed E-state index contributed by atoms with van der Waals surface area (Å²) < 4.78 is 10.5. The number of hydrogen-bond acceptors (Lipinski definition) is 3. The van der Waals surface area contributed by atoms with Gasteiger partial charge >= 0.3 is 5.97 Å². The van der Waals surface area contributed by atoms with Crippen LogP contribution in [0.2, 0.25) is 0 Å². The van der Waals surface area contributed by atoms with Crippen LogP contribution in [0, 0.1) is 13.8 Å². The lowest BCUT2D eigenvalue weighted by Crippen LogP contribution is -2.06. The van der Waals surface area contributed by atoms with Gasteiger partial charge in [0.1, 0.15) is 11.3 Å². The Morgan fingerprint density at radius 3 is 2.81 bits per heavy atom. The molecule has 0 unspecified atom stereocenters. The first-order valence-electron chi connectivity index (χ1n) is 5.30. The van der Waals surface area contributed by atoms with Crippen molar-refractivity contribution in [2.24, 2.45) is 0 Å². The van der Waals surface area contributed by atoms with E-state index in [0.717, 1.165) is 22.3 Å². The lowest BCUT2D eigenvalue weighted by Gasteiger charge is -2.05. The number of aryl methyl sites for hydroxylation is 2. The summed E-state index contributed by atoms with van der Waals surface area (Å²) in [5.41, 5.74) is 2.18. The highest BCUT2D eigenvalue weighted by molar-refractivity contribution is 5.96. The van der Waals surface area contributed by atoms with Gasteiger partial charge in [-0.15, -0.1) is 0 Å². The van der Waals surface area contributed by atoms with Crippen LogP contribution in [-0.4, -0.2) is 12.6 Å². The Morgan fingerprint density at radius 2 is 2.12 bits per heavy atom. The minimum atomic E-state index is -0.295. The molecule has 3 nitrogen and oxygen atoms in total. The summed E-state index contributed by atoms with van der Waals surface area (Å²) in [6.07, 6.45) is 0. The van der Waals surface area contributed by atoms with E-state index in [0.29, 0.717) is 12.2 Å². The van der Waals surface area contributed by atoms with Crippen LogP contribution >= 0.6 is 0 Å². The average molecular weight is 218 g/mol. The van der Waals surface area contributed by atoms with Gasteiger partial charge in [-0.05, 0) is 32.9 Å². The Bertz CT molecular complexity index is 537. The Balaban J connectivity index is 2.55. The molecule has 16 heavy (non-hydrogen) atoms. The predicted molar refractivity (Wildman–Crippen MR) is 61.6 cm³/mol. The number of benzene rings is 1. The zero-order valence-electron chi connectivity index (χ0n) is 9.66. The fraction of sp³-hybridized carbons (Fsp3) is 0.308. The molecule has 84 valence electrons. The fourth-order valence-corrected chi connectivity index (χ4v) is 1.80. The van der Waals surface area contributed by atoms with E-state index in [1.807, 2.05) is 26.0 Å². The Morgan fingerprint density at radius 1 is 1.38 bits per heavy atom. The topological polar surface area (TPSA) is 39.4 Å². The number of ether oxygens (including phenoxy) is 1. The van der Waals surface area contributed by atoms with Gasteiger partial charge in [0.2, 0.25) is 0 Å². The van der Waals surface area contributed by atoms with Crippen molar-refractivity contribution < 1.29 is 13.9 Å². The molecular weight excluding hydrogens is 204 g/mol.